The number of amides is 1. The Bertz CT molecular complexity index is 1160. The van der Waals surface area contributed by atoms with Crippen molar-refractivity contribution in [3.8, 4) is 11.3 Å². The fourth-order valence-corrected chi connectivity index (χ4v) is 4.08. The minimum absolute atomic E-state index is 0.235. The molecule has 9 heteroatoms. The third-order valence-electron chi connectivity index (χ3n) is 5.83. The van der Waals surface area contributed by atoms with Crippen LogP contribution in [0.5, 0.6) is 0 Å². The summed E-state index contributed by atoms with van der Waals surface area (Å²) in [6.07, 6.45) is 3.33. The summed E-state index contributed by atoms with van der Waals surface area (Å²) in [6, 6.07) is 11.2. The number of benzene rings is 1. The van der Waals surface area contributed by atoms with Crippen molar-refractivity contribution in [1.29, 1.82) is 0 Å². The van der Waals surface area contributed by atoms with Gasteiger partial charge in [0.2, 0.25) is 5.95 Å². The maximum Gasteiger partial charge on any atom is 0.253 e. The molecule has 9 nitrogen and oxygen atoms in total. The summed E-state index contributed by atoms with van der Waals surface area (Å²) < 4.78 is 5.49. The van der Waals surface area contributed by atoms with E-state index in [1.165, 1.54) is 0 Å². The summed E-state index contributed by atoms with van der Waals surface area (Å²) in [5.41, 5.74) is 2.70. The molecule has 1 atom stereocenters. The molecule has 0 saturated carbocycles. The Morgan fingerprint density at radius 2 is 1.89 bits per heavy atom. The first-order valence-electron chi connectivity index (χ1n) is 11.8. The number of aromatic nitrogens is 3. The van der Waals surface area contributed by atoms with E-state index >= 15 is 0 Å². The van der Waals surface area contributed by atoms with Crippen LogP contribution in [0.15, 0.2) is 48.8 Å². The van der Waals surface area contributed by atoms with Crippen molar-refractivity contribution in [2.45, 2.75) is 32.9 Å². The maximum atomic E-state index is 12.5. The van der Waals surface area contributed by atoms with E-state index in [0.29, 0.717) is 31.3 Å². The minimum Gasteiger partial charge on any atom is -0.378 e. The zero-order chi connectivity index (χ0) is 24.8. The van der Waals surface area contributed by atoms with Crippen LogP contribution in [0.2, 0.25) is 0 Å². The van der Waals surface area contributed by atoms with Crippen LogP contribution in [0.25, 0.3) is 11.3 Å². The van der Waals surface area contributed by atoms with E-state index in [9.17, 15) is 9.90 Å². The molecule has 0 bridgehead atoms. The fraction of sp³-hybridized carbons (Fsp3) is 0.385. The lowest BCUT2D eigenvalue weighted by molar-refractivity contribution is 0.0234. The molecule has 1 aliphatic rings. The van der Waals surface area contributed by atoms with E-state index in [-0.39, 0.29) is 12.3 Å². The van der Waals surface area contributed by atoms with E-state index in [1.807, 2.05) is 38.1 Å². The molecule has 1 fully saturated rings. The zero-order valence-corrected chi connectivity index (χ0v) is 20.4. The monoisotopic (exact) mass is 476 g/mol. The lowest BCUT2D eigenvalue weighted by Crippen LogP contribution is -2.47. The Kier molecular flexibility index (Phi) is 7.57. The summed E-state index contributed by atoms with van der Waals surface area (Å²) in [7, 11) is 0. The largest absolute Gasteiger partial charge is 0.378 e. The van der Waals surface area contributed by atoms with Crippen LogP contribution in [0.1, 0.15) is 35.3 Å². The zero-order valence-electron chi connectivity index (χ0n) is 20.4. The Morgan fingerprint density at radius 1 is 1.14 bits per heavy atom. The standard InChI is InChI=1S/C26H32N6O3/c1-4-28-25-29-22(16-23(30-25)32-11-13-35-14-12-32)21-15-19(6-5-18(21)2)17-26(3,34)31-24(33)20-7-9-27-10-8-20/h5-10,15-16,34H,4,11-14,17H2,1-3H3,(H,31,33)(H,28,29,30). The van der Waals surface area contributed by atoms with Crippen molar-refractivity contribution in [2.24, 2.45) is 0 Å². The van der Waals surface area contributed by atoms with Gasteiger partial charge in [-0.05, 0) is 50.1 Å². The number of pyridine rings is 1. The van der Waals surface area contributed by atoms with Gasteiger partial charge in [0, 0.05) is 55.6 Å². The van der Waals surface area contributed by atoms with E-state index in [4.69, 9.17) is 14.7 Å². The predicted molar refractivity (Wildman–Crippen MR) is 135 cm³/mol. The summed E-state index contributed by atoms with van der Waals surface area (Å²) in [5.74, 6) is 1.08. The highest BCUT2D eigenvalue weighted by Gasteiger charge is 2.25. The van der Waals surface area contributed by atoms with Crippen LogP contribution in [0.3, 0.4) is 0 Å². The summed E-state index contributed by atoms with van der Waals surface area (Å²) in [6.45, 7) is 9.25. The molecule has 1 unspecified atom stereocenters. The number of morpholine rings is 1. The van der Waals surface area contributed by atoms with Gasteiger partial charge in [0.05, 0.1) is 18.9 Å². The number of nitrogens with one attached hydrogen (secondary N) is 2. The molecule has 4 rings (SSSR count). The van der Waals surface area contributed by atoms with Crippen molar-refractivity contribution in [3.63, 3.8) is 0 Å². The number of aryl methyl sites for hydroxylation is 1. The van der Waals surface area contributed by atoms with Crippen LogP contribution in [-0.2, 0) is 11.2 Å². The van der Waals surface area contributed by atoms with Gasteiger partial charge in [-0.2, -0.15) is 4.98 Å². The van der Waals surface area contributed by atoms with Gasteiger partial charge in [-0.1, -0.05) is 12.1 Å². The van der Waals surface area contributed by atoms with Gasteiger partial charge in [0.25, 0.3) is 5.91 Å². The van der Waals surface area contributed by atoms with Gasteiger partial charge in [-0.3, -0.25) is 9.78 Å². The molecule has 184 valence electrons. The predicted octanol–water partition coefficient (Wildman–Crippen LogP) is 2.80. The number of hydrogen-bond donors (Lipinski definition) is 3. The SMILES string of the molecule is CCNc1nc(-c2cc(CC(C)(O)NC(=O)c3ccncc3)ccc2C)cc(N2CCOCC2)n1. The molecule has 3 aromatic rings. The maximum absolute atomic E-state index is 12.5. The number of carbonyl (C=O) groups excluding carboxylic acids is 1. The molecule has 3 heterocycles. The molecule has 1 aliphatic heterocycles. The Labute approximate surface area is 205 Å². The van der Waals surface area contributed by atoms with Crippen molar-refractivity contribution in [1.82, 2.24) is 20.3 Å². The lowest BCUT2D eigenvalue weighted by Gasteiger charge is -2.28. The fourth-order valence-electron chi connectivity index (χ4n) is 4.08. The third-order valence-corrected chi connectivity index (χ3v) is 5.83. The normalized spacial score (nSPS) is 15.4. The number of aliphatic hydroxyl groups is 1. The van der Waals surface area contributed by atoms with Crippen LogP contribution in [-0.4, -0.2) is 64.5 Å². The number of ether oxygens (including phenoxy) is 1. The number of anilines is 2. The van der Waals surface area contributed by atoms with Crippen LogP contribution in [0.4, 0.5) is 11.8 Å². The van der Waals surface area contributed by atoms with Crippen LogP contribution < -0.4 is 15.5 Å². The van der Waals surface area contributed by atoms with Gasteiger partial charge in [0.15, 0.2) is 0 Å². The average molecular weight is 477 g/mol. The number of nitrogens with zero attached hydrogens (tertiary/aromatic N) is 4. The van der Waals surface area contributed by atoms with Crippen molar-refractivity contribution < 1.29 is 14.6 Å². The molecule has 0 aliphatic carbocycles. The first kappa shape index (κ1) is 24.6. The van der Waals surface area contributed by atoms with E-state index in [2.05, 4.69) is 20.5 Å². The van der Waals surface area contributed by atoms with Crippen LogP contribution >= 0.6 is 0 Å². The molecular weight excluding hydrogens is 444 g/mol. The summed E-state index contributed by atoms with van der Waals surface area (Å²) >= 11 is 0. The molecule has 3 N–H and O–H groups in total. The Hall–Kier alpha value is -3.56. The number of carbonyl (C=O) groups is 1. The quantitative estimate of drug-likeness (QED) is 0.426. The molecule has 0 spiro atoms. The molecule has 0 radical (unpaired) electrons. The molecule has 1 aromatic carbocycles. The smallest absolute Gasteiger partial charge is 0.253 e. The lowest BCUT2D eigenvalue weighted by atomic mass is 9.97. The van der Waals surface area contributed by atoms with E-state index in [0.717, 1.165) is 41.3 Å². The van der Waals surface area contributed by atoms with Gasteiger partial charge in [-0.25, -0.2) is 4.98 Å². The van der Waals surface area contributed by atoms with Crippen molar-refractivity contribution in [2.75, 3.05) is 43.1 Å². The van der Waals surface area contributed by atoms with Gasteiger partial charge in [-0.15, -0.1) is 0 Å². The summed E-state index contributed by atoms with van der Waals surface area (Å²) in [5, 5.41) is 16.9. The van der Waals surface area contributed by atoms with E-state index < -0.39 is 5.72 Å². The minimum atomic E-state index is -1.44. The van der Waals surface area contributed by atoms with Crippen LogP contribution in [0, 0.1) is 6.92 Å². The number of hydrogen-bond acceptors (Lipinski definition) is 8. The van der Waals surface area contributed by atoms with E-state index in [1.54, 1.807) is 31.5 Å². The van der Waals surface area contributed by atoms with Gasteiger partial charge >= 0.3 is 0 Å². The topological polar surface area (TPSA) is 112 Å². The molecule has 2 aromatic heterocycles. The second-order valence-electron chi connectivity index (χ2n) is 8.85. The molecular formula is C26H32N6O3. The van der Waals surface area contributed by atoms with Gasteiger partial charge < -0.3 is 25.4 Å². The highest BCUT2D eigenvalue weighted by molar-refractivity contribution is 5.94. The Balaban J connectivity index is 1.60. The molecule has 1 amide bonds. The first-order chi connectivity index (χ1) is 16.8. The highest BCUT2D eigenvalue weighted by atomic mass is 16.5. The molecule has 1 saturated heterocycles. The Morgan fingerprint density at radius 3 is 2.60 bits per heavy atom. The average Bonchev–Trinajstić information content (AvgIpc) is 2.86. The second-order valence-corrected chi connectivity index (χ2v) is 8.85. The third kappa shape index (κ3) is 6.32. The summed E-state index contributed by atoms with van der Waals surface area (Å²) in [4.78, 5) is 28.1. The van der Waals surface area contributed by atoms with Crippen molar-refractivity contribution in [3.05, 3.63) is 65.5 Å². The van der Waals surface area contributed by atoms with Crippen molar-refractivity contribution >= 4 is 17.7 Å². The number of rotatable bonds is 8. The highest BCUT2D eigenvalue weighted by Crippen LogP contribution is 2.28. The first-order valence-corrected chi connectivity index (χ1v) is 11.8. The van der Waals surface area contributed by atoms with Gasteiger partial charge in [0.1, 0.15) is 11.5 Å². The molecule has 35 heavy (non-hydrogen) atoms. The second kappa shape index (κ2) is 10.8.